The molecular weight excluding hydrogens is 200 g/mol. The number of hydrogen-bond acceptors (Lipinski definition) is 1. The van der Waals surface area contributed by atoms with Crippen LogP contribution in [0.25, 0.3) is 0 Å². The first-order valence-corrected chi connectivity index (χ1v) is 8.30. The maximum Gasteiger partial charge on any atom is 0.223 e. The average Bonchev–Trinajstić information content (AvgIpc) is 2.30. The summed E-state index contributed by atoms with van der Waals surface area (Å²) >= 11 is 0. The Bertz CT molecular complexity index is 265. The molecule has 0 fully saturated rings. The van der Waals surface area contributed by atoms with Gasteiger partial charge in [-0.15, -0.1) is 0 Å². The number of rotatable bonds is 6. The van der Waals surface area contributed by atoms with E-state index in [0.717, 1.165) is 6.61 Å². The molecule has 1 rings (SSSR count). The zero-order chi connectivity index (χ0) is 11.1. The van der Waals surface area contributed by atoms with Crippen LogP contribution in [0.3, 0.4) is 0 Å². The predicted molar refractivity (Wildman–Crippen MR) is 69.0 cm³/mol. The Morgan fingerprint density at radius 1 is 1.07 bits per heavy atom. The van der Waals surface area contributed by atoms with E-state index in [9.17, 15) is 0 Å². The highest BCUT2D eigenvalue weighted by Crippen LogP contribution is 2.19. The summed E-state index contributed by atoms with van der Waals surface area (Å²) < 4.78 is 6.14. The Labute approximate surface area is 94.6 Å². The van der Waals surface area contributed by atoms with Crippen LogP contribution in [0.1, 0.15) is 27.2 Å². The van der Waals surface area contributed by atoms with Crippen LogP contribution in [-0.2, 0) is 4.43 Å². The van der Waals surface area contributed by atoms with E-state index in [1.165, 1.54) is 23.7 Å². The monoisotopic (exact) mass is 222 g/mol. The van der Waals surface area contributed by atoms with Gasteiger partial charge in [0.25, 0.3) is 0 Å². The molecule has 0 heterocycles. The van der Waals surface area contributed by atoms with Gasteiger partial charge in [0.1, 0.15) is 0 Å². The average molecular weight is 222 g/mol. The lowest BCUT2D eigenvalue weighted by atomic mass is 10.4. The fourth-order valence-electron chi connectivity index (χ4n) is 2.20. The van der Waals surface area contributed by atoms with Crippen molar-refractivity contribution in [3.63, 3.8) is 0 Å². The van der Waals surface area contributed by atoms with Gasteiger partial charge in [-0.2, -0.15) is 0 Å². The number of benzene rings is 1. The molecule has 1 aromatic carbocycles. The van der Waals surface area contributed by atoms with E-state index < -0.39 is 8.32 Å². The molecule has 0 N–H and O–H groups in total. The molecule has 0 aliphatic heterocycles. The second-order valence-electron chi connectivity index (χ2n) is 3.90. The lowest BCUT2D eigenvalue weighted by Gasteiger charge is -2.30. The summed E-state index contributed by atoms with van der Waals surface area (Å²) in [4.78, 5) is 0. The Hall–Kier alpha value is -0.603. The van der Waals surface area contributed by atoms with Crippen LogP contribution in [0.5, 0.6) is 0 Å². The zero-order valence-electron chi connectivity index (χ0n) is 10.1. The molecule has 0 aliphatic carbocycles. The lowest BCUT2D eigenvalue weighted by Crippen LogP contribution is -2.50. The van der Waals surface area contributed by atoms with Gasteiger partial charge in [-0.1, -0.05) is 50.6 Å². The molecule has 0 aromatic heterocycles. The zero-order valence-corrected chi connectivity index (χ0v) is 11.1. The van der Waals surface area contributed by atoms with Gasteiger partial charge < -0.3 is 4.43 Å². The molecule has 0 amide bonds. The van der Waals surface area contributed by atoms with E-state index in [2.05, 4.69) is 51.1 Å². The fourth-order valence-corrected chi connectivity index (χ4v) is 5.93. The van der Waals surface area contributed by atoms with Crippen molar-refractivity contribution in [3.8, 4) is 0 Å². The van der Waals surface area contributed by atoms with Gasteiger partial charge in [-0.25, -0.2) is 0 Å². The standard InChI is InChI=1S/C13H22OSi/c1-4-12-15(6-3,14-5-2)13-10-8-7-9-11-13/h7-11H,4-6,12H2,1-3H3. The minimum atomic E-state index is -1.65. The Morgan fingerprint density at radius 2 is 1.73 bits per heavy atom. The third-order valence-electron chi connectivity index (χ3n) is 2.95. The normalized spacial score (nSPS) is 14.9. The van der Waals surface area contributed by atoms with E-state index >= 15 is 0 Å². The number of hydrogen-bond donors (Lipinski definition) is 0. The van der Waals surface area contributed by atoms with Crippen LogP contribution in [0, 0.1) is 0 Å². The van der Waals surface area contributed by atoms with Crippen LogP contribution in [0.15, 0.2) is 30.3 Å². The van der Waals surface area contributed by atoms with Crippen molar-refractivity contribution in [2.75, 3.05) is 6.61 Å². The van der Waals surface area contributed by atoms with Gasteiger partial charge in [0.05, 0.1) is 0 Å². The molecule has 2 heteroatoms. The van der Waals surface area contributed by atoms with Crippen molar-refractivity contribution in [1.82, 2.24) is 0 Å². The second kappa shape index (κ2) is 6.08. The van der Waals surface area contributed by atoms with Crippen LogP contribution in [-0.4, -0.2) is 14.9 Å². The van der Waals surface area contributed by atoms with E-state index in [1.54, 1.807) is 0 Å². The molecule has 84 valence electrons. The summed E-state index contributed by atoms with van der Waals surface area (Å²) in [6.45, 7) is 7.47. The lowest BCUT2D eigenvalue weighted by molar-refractivity contribution is 0.329. The van der Waals surface area contributed by atoms with Crippen LogP contribution < -0.4 is 5.19 Å². The van der Waals surface area contributed by atoms with Gasteiger partial charge in [-0.05, 0) is 24.2 Å². The van der Waals surface area contributed by atoms with Gasteiger partial charge >= 0.3 is 0 Å². The first kappa shape index (κ1) is 12.5. The minimum absolute atomic E-state index is 0.842. The molecule has 0 spiro atoms. The highest BCUT2D eigenvalue weighted by atomic mass is 28.4. The summed E-state index contributed by atoms with van der Waals surface area (Å²) in [5.41, 5.74) is 0. The Balaban J connectivity index is 2.97. The third-order valence-corrected chi connectivity index (χ3v) is 7.62. The molecule has 1 aromatic rings. The van der Waals surface area contributed by atoms with Crippen molar-refractivity contribution >= 4 is 13.5 Å². The molecule has 0 aliphatic rings. The summed E-state index contributed by atoms with van der Waals surface area (Å²) in [7, 11) is -1.65. The first-order valence-electron chi connectivity index (χ1n) is 5.98. The molecule has 15 heavy (non-hydrogen) atoms. The predicted octanol–water partition coefficient (Wildman–Crippen LogP) is 3.31. The van der Waals surface area contributed by atoms with Crippen LogP contribution >= 0.6 is 0 Å². The maximum atomic E-state index is 6.14. The van der Waals surface area contributed by atoms with Crippen molar-refractivity contribution in [2.24, 2.45) is 0 Å². The minimum Gasteiger partial charge on any atom is -0.413 e. The molecule has 1 atom stereocenters. The molecule has 1 unspecified atom stereocenters. The van der Waals surface area contributed by atoms with Crippen LogP contribution in [0.2, 0.25) is 12.1 Å². The Kier molecular flexibility index (Phi) is 5.06. The van der Waals surface area contributed by atoms with Crippen molar-refractivity contribution in [3.05, 3.63) is 30.3 Å². The van der Waals surface area contributed by atoms with E-state index in [-0.39, 0.29) is 0 Å². The van der Waals surface area contributed by atoms with Crippen molar-refractivity contribution in [2.45, 2.75) is 39.3 Å². The molecule has 1 nitrogen and oxygen atoms in total. The van der Waals surface area contributed by atoms with Gasteiger partial charge in [0.15, 0.2) is 0 Å². The summed E-state index contributed by atoms with van der Waals surface area (Å²) in [5, 5.41) is 1.45. The SMILES string of the molecule is CCC[Si](CC)(OCC)c1ccccc1. The smallest absolute Gasteiger partial charge is 0.223 e. The van der Waals surface area contributed by atoms with Gasteiger partial charge in [0.2, 0.25) is 8.32 Å². The quantitative estimate of drug-likeness (QED) is 0.671. The van der Waals surface area contributed by atoms with Crippen LogP contribution in [0.4, 0.5) is 0 Å². The topological polar surface area (TPSA) is 9.23 Å². The fraction of sp³-hybridized carbons (Fsp3) is 0.538. The van der Waals surface area contributed by atoms with Crippen molar-refractivity contribution in [1.29, 1.82) is 0 Å². The van der Waals surface area contributed by atoms with E-state index in [4.69, 9.17) is 4.43 Å². The molecule has 0 bridgehead atoms. The third kappa shape index (κ3) is 2.92. The van der Waals surface area contributed by atoms with E-state index in [0.29, 0.717) is 0 Å². The molecule has 0 radical (unpaired) electrons. The highest BCUT2D eigenvalue weighted by molar-refractivity contribution is 6.86. The Morgan fingerprint density at radius 3 is 2.20 bits per heavy atom. The summed E-state index contributed by atoms with van der Waals surface area (Å²) in [6.07, 6.45) is 1.22. The van der Waals surface area contributed by atoms with E-state index in [1.807, 2.05) is 0 Å². The molecule has 0 saturated carbocycles. The van der Waals surface area contributed by atoms with Gasteiger partial charge in [-0.3, -0.25) is 0 Å². The first-order chi connectivity index (χ1) is 7.29. The summed E-state index contributed by atoms with van der Waals surface area (Å²) in [5.74, 6) is 0. The van der Waals surface area contributed by atoms with Crippen molar-refractivity contribution < 1.29 is 4.43 Å². The maximum absolute atomic E-state index is 6.14. The highest BCUT2D eigenvalue weighted by Gasteiger charge is 2.33. The van der Waals surface area contributed by atoms with Gasteiger partial charge in [0, 0.05) is 6.61 Å². The summed E-state index contributed by atoms with van der Waals surface area (Å²) in [6, 6.07) is 13.2. The molecular formula is C13H22OSi. The largest absolute Gasteiger partial charge is 0.413 e. The second-order valence-corrected chi connectivity index (χ2v) is 7.96. The molecule has 0 saturated heterocycles.